The van der Waals surface area contributed by atoms with Crippen molar-refractivity contribution in [3.05, 3.63) is 39.8 Å². The lowest BCUT2D eigenvalue weighted by molar-refractivity contribution is 0.106. The zero-order valence-electron chi connectivity index (χ0n) is 14.0. The van der Waals surface area contributed by atoms with Crippen LogP contribution in [0.25, 0.3) is 11.0 Å². The van der Waals surface area contributed by atoms with Crippen LogP contribution in [-0.4, -0.2) is 25.0 Å². The monoisotopic (exact) mass is 377 g/mol. The number of H-pyrrole nitrogens is 1. The molecule has 0 aliphatic carbocycles. The normalized spacial score (nSPS) is 18.1. The first kappa shape index (κ1) is 16.6. The van der Waals surface area contributed by atoms with Crippen LogP contribution in [0.2, 0.25) is 0 Å². The molecule has 0 bridgehead atoms. The quantitative estimate of drug-likeness (QED) is 0.722. The molecule has 0 unspecified atom stereocenters. The first-order valence-electron chi connectivity index (χ1n) is 8.13. The summed E-state index contributed by atoms with van der Waals surface area (Å²) in [5.74, 6) is 0.803. The minimum absolute atomic E-state index is 0.00368. The Morgan fingerprint density at radius 3 is 2.84 bits per heavy atom. The Bertz CT molecular complexity index is 1030. The van der Waals surface area contributed by atoms with Gasteiger partial charge in [-0.1, -0.05) is 0 Å². The van der Waals surface area contributed by atoms with E-state index in [0.29, 0.717) is 10.6 Å². The third-order valence-corrected chi connectivity index (χ3v) is 6.87. The second kappa shape index (κ2) is 6.12. The molecule has 1 fully saturated rings. The van der Waals surface area contributed by atoms with Gasteiger partial charge in [0.2, 0.25) is 0 Å². The van der Waals surface area contributed by atoms with Crippen LogP contribution in [-0.2, 0) is 14.8 Å². The zero-order valence-corrected chi connectivity index (χ0v) is 15.6. The Morgan fingerprint density at radius 2 is 2.16 bits per heavy atom. The molecule has 2 N–H and O–H groups in total. The summed E-state index contributed by atoms with van der Waals surface area (Å²) >= 11 is 1.48. The largest absolute Gasteiger partial charge is 0.370 e. The first-order chi connectivity index (χ1) is 11.9. The zero-order chi connectivity index (χ0) is 17.6. The Balaban J connectivity index is 1.64. The number of imidazole rings is 1. The van der Waals surface area contributed by atoms with Crippen molar-refractivity contribution >= 4 is 38.1 Å². The lowest BCUT2D eigenvalue weighted by atomic mass is 10.2. The van der Waals surface area contributed by atoms with E-state index in [2.05, 4.69) is 14.7 Å². The van der Waals surface area contributed by atoms with Gasteiger partial charge in [-0.15, -0.1) is 11.3 Å². The van der Waals surface area contributed by atoms with Gasteiger partial charge in [-0.2, -0.15) is 0 Å². The summed E-state index contributed by atoms with van der Waals surface area (Å²) in [6.45, 7) is 4.48. The molecule has 2 aromatic heterocycles. The Kier molecular flexibility index (Phi) is 4.05. The first-order valence-corrected chi connectivity index (χ1v) is 10.4. The molecule has 6 nitrogen and oxygen atoms in total. The molecule has 0 radical (unpaired) electrons. The number of fused-ring (bicyclic) bond motifs is 1. The van der Waals surface area contributed by atoms with Crippen molar-refractivity contribution in [1.29, 1.82) is 0 Å². The number of thiophene rings is 1. The number of sulfonamides is 1. The minimum Gasteiger partial charge on any atom is -0.370 e. The standard InChI is InChI=1S/C17H19N3O3S2/c1-10-8-16(11(2)24-10)25(21,22)20-12-5-6-13-14(9-12)19-17(18-13)15-4-3-7-23-15/h5-6,8-9,15,20H,3-4,7H2,1-2H3,(H,18,19)/t15-/m0/s1. The topological polar surface area (TPSA) is 84.1 Å². The maximum atomic E-state index is 12.6. The number of aromatic nitrogens is 2. The van der Waals surface area contributed by atoms with Gasteiger partial charge in [-0.25, -0.2) is 13.4 Å². The van der Waals surface area contributed by atoms with Gasteiger partial charge in [-0.05, 0) is 51.0 Å². The smallest absolute Gasteiger partial charge is 0.263 e. The lowest BCUT2D eigenvalue weighted by Crippen LogP contribution is -2.13. The summed E-state index contributed by atoms with van der Waals surface area (Å²) in [6.07, 6.45) is 1.99. The molecule has 0 spiro atoms. The summed E-state index contributed by atoms with van der Waals surface area (Å²) < 4.78 is 33.6. The lowest BCUT2D eigenvalue weighted by Gasteiger charge is -2.07. The van der Waals surface area contributed by atoms with Crippen molar-refractivity contribution in [2.45, 2.75) is 37.7 Å². The second-order valence-corrected chi connectivity index (χ2v) is 9.35. The van der Waals surface area contributed by atoms with E-state index in [1.165, 1.54) is 11.3 Å². The van der Waals surface area contributed by atoms with E-state index in [-0.39, 0.29) is 6.10 Å². The molecule has 1 atom stereocenters. The molecule has 3 heterocycles. The molecule has 1 saturated heterocycles. The van der Waals surface area contributed by atoms with E-state index >= 15 is 0 Å². The Hall–Kier alpha value is -1.90. The maximum absolute atomic E-state index is 12.6. The average Bonchev–Trinajstić information content (AvgIpc) is 3.25. The predicted molar refractivity (Wildman–Crippen MR) is 98.6 cm³/mol. The van der Waals surface area contributed by atoms with Crippen LogP contribution in [0.15, 0.2) is 29.2 Å². The number of benzene rings is 1. The highest BCUT2D eigenvalue weighted by molar-refractivity contribution is 7.93. The number of nitrogens with one attached hydrogen (secondary N) is 2. The fraction of sp³-hybridized carbons (Fsp3) is 0.353. The van der Waals surface area contributed by atoms with Crippen LogP contribution in [0, 0.1) is 13.8 Å². The van der Waals surface area contributed by atoms with Gasteiger partial charge < -0.3 is 9.72 Å². The molecule has 132 valence electrons. The average molecular weight is 377 g/mol. The van der Waals surface area contributed by atoms with Crippen LogP contribution >= 0.6 is 11.3 Å². The van der Waals surface area contributed by atoms with Crippen LogP contribution < -0.4 is 4.72 Å². The summed E-state index contributed by atoms with van der Waals surface area (Å²) in [5, 5.41) is 0. The SMILES string of the molecule is Cc1cc(S(=O)(=O)Nc2ccc3nc([C@@H]4CCCO4)[nH]c3c2)c(C)s1. The number of hydrogen-bond donors (Lipinski definition) is 2. The number of hydrogen-bond acceptors (Lipinski definition) is 5. The number of nitrogens with zero attached hydrogens (tertiary/aromatic N) is 1. The van der Waals surface area contributed by atoms with Gasteiger partial charge in [0.1, 0.15) is 16.8 Å². The highest BCUT2D eigenvalue weighted by Gasteiger charge is 2.22. The van der Waals surface area contributed by atoms with Gasteiger partial charge in [0.25, 0.3) is 10.0 Å². The minimum atomic E-state index is -3.60. The van der Waals surface area contributed by atoms with Crippen LogP contribution in [0.1, 0.15) is 34.5 Å². The van der Waals surface area contributed by atoms with E-state index in [9.17, 15) is 8.42 Å². The molecule has 25 heavy (non-hydrogen) atoms. The van der Waals surface area contributed by atoms with Crippen molar-refractivity contribution in [2.75, 3.05) is 11.3 Å². The van der Waals surface area contributed by atoms with Crippen molar-refractivity contribution in [2.24, 2.45) is 0 Å². The number of ether oxygens (including phenoxy) is 1. The fourth-order valence-electron chi connectivity index (χ4n) is 3.12. The van der Waals surface area contributed by atoms with E-state index < -0.39 is 10.0 Å². The van der Waals surface area contributed by atoms with E-state index in [1.54, 1.807) is 18.2 Å². The summed E-state index contributed by atoms with van der Waals surface area (Å²) in [4.78, 5) is 9.90. The molecule has 1 aromatic carbocycles. The summed E-state index contributed by atoms with van der Waals surface area (Å²) in [5.41, 5.74) is 2.11. The van der Waals surface area contributed by atoms with Gasteiger partial charge in [0.05, 0.1) is 16.7 Å². The predicted octanol–water partition coefficient (Wildman–Crippen LogP) is 3.89. The fourth-order valence-corrected chi connectivity index (χ4v) is 5.73. The molecule has 1 aliphatic rings. The molecule has 8 heteroatoms. The van der Waals surface area contributed by atoms with Gasteiger partial charge in [0.15, 0.2) is 0 Å². The van der Waals surface area contributed by atoms with Crippen LogP contribution in [0.3, 0.4) is 0 Å². The maximum Gasteiger partial charge on any atom is 0.263 e. The highest BCUT2D eigenvalue weighted by atomic mass is 32.2. The molecule has 4 rings (SSSR count). The second-order valence-electron chi connectivity index (χ2n) is 6.24. The van der Waals surface area contributed by atoms with E-state index in [1.807, 2.05) is 19.9 Å². The number of aryl methyl sites for hydroxylation is 2. The summed E-state index contributed by atoms with van der Waals surface area (Å²) in [7, 11) is -3.60. The van der Waals surface area contributed by atoms with Gasteiger partial charge in [-0.3, -0.25) is 4.72 Å². The van der Waals surface area contributed by atoms with Crippen molar-refractivity contribution in [3.8, 4) is 0 Å². The van der Waals surface area contributed by atoms with E-state index in [4.69, 9.17) is 4.74 Å². The van der Waals surface area contributed by atoms with Crippen molar-refractivity contribution in [3.63, 3.8) is 0 Å². The van der Waals surface area contributed by atoms with Crippen molar-refractivity contribution in [1.82, 2.24) is 9.97 Å². The third-order valence-electron chi connectivity index (χ3n) is 4.27. The van der Waals surface area contributed by atoms with Crippen molar-refractivity contribution < 1.29 is 13.2 Å². The molecule has 3 aromatic rings. The molecule has 0 amide bonds. The van der Waals surface area contributed by atoms with Gasteiger partial charge >= 0.3 is 0 Å². The van der Waals surface area contributed by atoms with Gasteiger partial charge in [0, 0.05) is 16.4 Å². The number of aromatic amines is 1. The molecule has 1 aliphatic heterocycles. The molecular formula is C17H19N3O3S2. The molecular weight excluding hydrogens is 358 g/mol. The molecule has 0 saturated carbocycles. The van der Waals surface area contributed by atoms with E-state index in [0.717, 1.165) is 46.1 Å². The third kappa shape index (κ3) is 3.17. The Labute approximate surface area is 150 Å². The summed E-state index contributed by atoms with van der Waals surface area (Å²) in [6, 6.07) is 7.02. The number of rotatable bonds is 4. The Morgan fingerprint density at radius 1 is 1.32 bits per heavy atom. The number of anilines is 1. The van der Waals surface area contributed by atoms with Crippen LogP contribution in [0.4, 0.5) is 5.69 Å². The highest BCUT2D eigenvalue weighted by Crippen LogP contribution is 2.30. The van der Waals surface area contributed by atoms with Crippen LogP contribution in [0.5, 0.6) is 0 Å².